The maximum Gasteiger partial charge on any atom is 0.0937 e. The molecule has 5 heteroatoms. The topological polar surface area (TPSA) is 20.2 Å². The lowest BCUT2D eigenvalue weighted by atomic mass is 10.1. The Bertz CT molecular complexity index is 524. The van der Waals surface area contributed by atoms with Gasteiger partial charge in [0, 0.05) is 6.42 Å². The first kappa shape index (κ1) is 13.2. The molecule has 2 rings (SSSR count). The maximum absolute atomic E-state index is 10.1. The van der Waals surface area contributed by atoms with Crippen LogP contribution in [0.4, 0.5) is 0 Å². The van der Waals surface area contributed by atoms with Crippen LogP contribution in [0.1, 0.15) is 16.5 Å². The summed E-state index contributed by atoms with van der Waals surface area (Å²) in [5, 5.41) is 13.5. The summed E-state index contributed by atoms with van der Waals surface area (Å²) >= 11 is 19.4. The molecule has 17 heavy (non-hydrogen) atoms. The third-order valence-corrected chi connectivity index (χ3v) is 4.71. The van der Waals surface area contributed by atoms with E-state index < -0.39 is 6.10 Å². The molecule has 0 aliphatic carbocycles. The SMILES string of the molecule is OC(Cc1cccc(Cl)c1Cl)c1sccc1Cl. The van der Waals surface area contributed by atoms with Gasteiger partial charge in [-0.15, -0.1) is 11.3 Å². The lowest BCUT2D eigenvalue weighted by Gasteiger charge is -2.11. The molecular formula is C12H9Cl3OS. The van der Waals surface area contributed by atoms with E-state index in [-0.39, 0.29) is 0 Å². The Labute approximate surface area is 119 Å². The van der Waals surface area contributed by atoms with E-state index in [1.807, 2.05) is 17.5 Å². The third-order valence-electron chi connectivity index (χ3n) is 2.39. The van der Waals surface area contributed by atoms with Gasteiger partial charge in [-0.25, -0.2) is 0 Å². The number of rotatable bonds is 3. The largest absolute Gasteiger partial charge is 0.387 e. The summed E-state index contributed by atoms with van der Waals surface area (Å²) in [7, 11) is 0. The summed E-state index contributed by atoms with van der Waals surface area (Å²) in [5.74, 6) is 0. The van der Waals surface area contributed by atoms with Crippen molar-refractivity contribution in [1.29, 1.82) is 0 Å². The van der Waals surface area contributed by atoms with Gasteiger partial charge in [-0.1, -0.05) is 46.9 Å². The van der Waals surface area contributed by atoms with Crippen LogP contribution in [0.5, 0.6) is 0 Å². The highest BCUT2D eigenvalue weighted by Gasteiger charge is 2.16. The molecule has 1 nitrogen and oxygen atoms in total. The minimum absolute atomic E-state index is 0.402. The van der Waals surface area contributed by atoms with Gasteiger partial charge in [0.25, 0.3) is 0 Å². The van der Waals surface area contributed by atoms with E-state index in [1.54, 1.807) is 12.1 Å². The van der Waals surface area contributed by atoms with Gasteiger partial charge in [0.15, 0.2) is 0 Å². The van der Waals surface area contributed by atoms with Gasteiger partial charge in [-0.2, -0.15) is 0 Å². The Kier molecular flexibility index (Phi) is 4.34. The van der Waals surface area contributed by atoms with Crippen LogP contribution >= 0.6 is 46.1 Å². The van der Waals surface area contributed by atoms with Gasteiger partial charge in [-0.05, 0) is 23.1 Å². The number of thiophene rings is 1. The number of benzene rings is 1. The molecule has 1 aromatic heterocycles. The molecular weight excluding hydrogens is 299 g/mol. The van der Waals surface area contributed by atoms with Crippen LogP contribution in [0, 0.1) is 0 Å². The first-order valence-corrected chi connectivity index (χ1v) is 6.95. The van der Waals surface area contributed by atoms with Crippen molar-refractivity contribution >= 4 is 46.1 Å². The number of aliphatic hydroxyl groups is 1. The minimum Gasteiger partial charge on any atom is -0.387 e. The Morgan fingerprint density at radius 3 is 2.53 bits per heavy atom. The molecule has 0 saturated carbocycles. The maximum atomic E-state index is 10.1. The average Bonchev–Trinajstić information content (AvgIpc) is 2.71. The van der Waals surface area contributed by atoms with Crippen molar-refractivity contribution in [3.8, 4) is 0 Å². The van der Waals surface area contributed by atoms with Crippen molar-refractivity contribution in [1.82, 2.24) is 0 Å². The fourth-order valence-corrected chi connectivity index (χ4v) is 3.12. The predicted molar refractivity (Wildman–Crippen MR) is 74.5 cm³/mol. The van der Waals surface area contributed by atoms with E-state index in [2.05, 4.69) is 0 Å². The molecule has 1 heterocycles. The molecule has 0 aliphatic rings. The second kappa shape index (κ2) is 5.59. The summed E-state index contributed by atoms with van der Waals surface area (Å²) in [6, 6.07) is 7.15. The van der Waals surface area contributed by atoms with Gasteiger partial charge in [0.1, 0.15) is 0 Å². The van der Waals surface area contributed by atoms with Crippen LogP contribution in [0.3, 0.4) is 0 Å². The van der Waals surface area contributed by atoms with Crippen molar-refractivity contribution in [2.24, 2.45) is 0 Å². The van der Waals surface area contributed by atoms with Crippen molar-refractivity contribution in [2.75, 3.05) is 0 Å². The summed E-state index contributed by atoms with van der Waals surface area (Å²) in [4.78, 5) is 0.753. The lowest BCUT2D eigenvalue weighted by molar-refractivity contribution is 0.182. The summed E-state index contributed by atoms with van der Waals surface area (Å²) in [6.07, 6.45) is -0.252. The van der Waals surface area contributed by atoms with Gasteiger partial charge in [0.2, 0.25) is 0 Å². The molecule has 0 spiro atoms. The Morgan fingerprint density at radius 2 is 1.88 bits per heavy atom. The van der Waals surface area contributed by atoms with Crippen LogP contribution < -0.4 is 0 Å². The summed E-state index contributed by atoms with van der Waals surface area (Å²) < 4.78 is 0. The number of aliphatic hydroxyl groups excluding tert-OH is 1. The molecule has 0 amide bonds. The molecule has 1 N–H and O–H groups in total. The molecule has 90 valence electrons. The van der Waals surface area contributed by atoms with E-state index in [0.717, 1.165) is 10.4 Å². The lowest BCUT2D eigenvalue weighted by Crippen LogP contribution is -2.00. The molecule has 1 aromatic carbocycles. The number of hydrogen-bond acceptors (Lipinski definition) is 2. The molecule has 0 fully saturated rings. The fraction of sp³-hybridized carbons (Fsp3) is 0.167. The third kappa shape index (κ3) is 2.95. The fourth-order valence-electron chi connectivity index (χ4n) is 1.55. The molecule has 1 atom stereocenters. The Balaban J connectivity index is 2.22. The predicted octanol–water partition coefficient (Wildman–Crippen LogP) is 4.98. The second-order valence-electron chi connectivity index (χ2n) is 3.57. The van der Waals surface area contributed by atoms with Gasteiger partial charge >= 0.3 is 0 Å². The molecule has 0 saturated heterocycles. The van der Waals surface area contributed by atoms with Gasteiger partial charge in [0.05, 0.1) is 26.0 Å². The monoisotopic (exact) mass is 306 g/mol. The zero-order chi connectivity index (χ0) is 12.4. The van der Waals surface area contributed by atoms with E-state index >= 15 is 0 Å². The number of hydrogen-bond donors (Lipinski definition) is 1. The zero-order valence-electron chi connectivity index (χ0n) is 8.66. The highest BCUT2D eigenvalue weighted by Crippen LogP contribution is 2.33. The molecule has 0 radical (unpaired) electrons. The quantitative estimate of drug-likeness (QED) is 0.847. The van der Waals surface area contributed by atoms with E-state index in [9.17, 15) is 5.11 Å². The van der Waals surface area contributed by atoms with E-state index in [1.165, 1.54) is 11.3 Å². The standard InChI is InChI=1S/C12H9Cl3OS/c13-8-3-1-2-7(11(8)15)6-10(16)12-9(14)4-5-17-12/h1-5,10,16H,6H2. The van der Waals surface area contributed by atoms with Crippen molar-refractivity contribution in [3.63, 3.8) is 0 Å². The normalized spacial score (nSPS) is 12.7. The van der Waals surface area contributed by atoms with Crippen molar-refractivity contribution in [2.45, 2.75) is 12.5 Å². The summed E-state index contributed by atoms with van der Waals surface area (Å²) in [5.41, 5.74) is 0.816. The minimum atomic E-state index is -0.654. The van der Waals surface area contributed by atoms with Crippen LogP contribution in [-0.2, 0) is 6.42 Å². The molecule has 0 bridgehead atoms. The van der Waals surface area contributed by atoms with Gasteiger partial charge < -0.3 is 5.11 Å². The first-order chi connectivity index (χ1) is 8.09. The Hall–Kier alpha value is -0.250. The van der Waals surface area contributed by atoms with Crippen molar-refractivity contribution < 1.29 is 5.11 Å². The van der Waals surface area contributed by atoms with Crippen LogP contribution in [0.25, 0.3) is 0 Å². The van der Waals surface area contributed by atoms with Crippen LogP contribution in [-0.4, -0.2) is 5.11 Å². The van der Waals surface area contributed by atoms with E-state index in [0.29, 0.717) is 21.5 Å². The number of halogens is 3. The average molecular weight is 308 g/mol. The van der Waals surface area contributed by atoms with E-state index in [4.69, 9.17) is 34.8 Å². The molecule has 2 aromatic rings. The van der Waals surface area contributed by atoms with Crippen LogP contribution in [0.2, 0.25) is 15.1 Å². The molecule has 0 aliphatic heterocycles. The van der Waals surface area contributed by atoms with Crippen LogP contribution in [0.15, 0.2) is 29.6 Å². The zero-order valence-corrected chi connectivity index (χ0v) is 11.7. The highest BCUT2D eigenvalue weighted by atomic mass is 35.5. The van der Waals surface area contributed by atoms with Gasteiger partial charge in [-0.3, -0.25) is 0 Å². The molecule has 1 unspecified atom stereocenters. The smallest absolute Gasteiger partial charge is 0.0937 e. The first-order valence-electron chi connectivity index (χ1n) is 4.93. The highest BCUT2D eigenvalue weighted by molar-refractivity contribution is 7.10. The Morgan fingerprint density at radius 1 is 1.12 bits per heavy atom. The second-order valence-corrected chi connectivity index (χ2v) is 5.71. The van der Waals surface area contributed by atoms with Crippen molar-refractivity contribution in [3.05, 3.63) is 55.2 Å². The summed E-state index contributed by atoms with van der Waals surface area (Å²) in [6.45, 7) is 0.